The zero-order valence-corrected chi connectivity index (χ0v) is 9.32. The third-order valence-corrected chi connectivity index (χ3v) is 3.24. The van der Waals surface area contributed by atoms with Gasteiger partial charge < -0.3 is 19.7 Å². The van der Waals surface area contributed by atoms with Crippen LogP contribution in [0.25, 0.3) is 0 Å². The second kappa shape index (κ2) is 3.03. The van der Waals surface area contributed by atoms with Gasteiger partial charge in [-0.15, -0.1) is 0 Å². The molecule has 2 N–H and O–H groups in total. The molecule has 0 aromatic carbocycles. The first kappa shape index (κ1) is 10.2. The molecular formula is C11H12N2O4. The van der Waals surface area contributed by atoms with Gasteiger partial charge in [-0.2, -0.15) is 0 Å². The molecule has 6 heteroatoms. The maximum absolute atomic E-state index is 11.6. The van der Waals surface area contributed by atoms with Crippen molar-refractivity contribution in [3.8, 4) is 5.88 Å². The van der Waals surface area contributed by atoms with E-state index in [4.69, 9.17) is 9.84 Å². The van der Waals surface area contributed by atoms with Gasteiger partial charge in [-0.25, -0.2) is 4.79 Å². The average Bonchev–Trinajstić information content (AvgIpc) is 2.85. The van der Waals surface area contributed by atoms with Crippen LogP contribution in [0.1, 0.15) is 30.3 Å². The zero-order valence-electron chi connectivity index (χ0n) is 9.32. The standard InChI is InChI=1S/C11H12N2O4/c1-6(14)13-5-11(2-3-11)17-9-8(13)4-7(12-9)10(15)16/h4,12H,2-3,5H2,1H3,(H,15,16). The van der Waals surface area contributed by atoms with Crippen molar-refractivity contribution in [3.05, 3.63) is 11.8 Å². The molecule has 0 bridgehead atoms. The van der Waals surface area contributed by atoms with Crippen LogP contribution in [0.2, 0.25) is 0 Å². The number of anilines is 1. The normalized spacial score (nSPS) is 19.7. The smallest absolute Gasteiger partial charge is 0.352 e. The number of carbonyl (C=O) groups is 2. The van der Waals surface area contributed by atoms with Gasteiger partial charge in [0.25, 0.3) is 0 Å². The molecule has 1 fully saturated rings. The highest BCUT2D eigenvalue weighted by molar-refractivity contribution is 5.96. The molecule has 1 aliphatic heterocycles. The first-order chi connectivity index (χ1) is 8.01. The Hall–Kier alpha value is -1.98. The number of hydrogen-bond donors (Lipinski definition) is 2. The molecule has 0 unspecified atom stereocenters. The molecule has 1 amide bonds. The van der Waals surface area contributed by atoms with E-state index in [-0.39, 0.29) is 17.2 Å². The molecule has 1 aromatic rings. The summed E-state index contributed by atoms with van der Waals surface area (Å²) in [4.78, 5) is 26.7. The number of H-pyrrole nitrogens is 1. The Balaban J connectivity index is 2.05. The lowest BCUT2D eigenvalue weighted by atomic mass is 10.2. The van der Waals surface area contributed by atoms with E-state index in [1.807, 2.05) is 0 Å². The van der Waals surface area contributed by atoms with Gasteiger partial charge in [0.1, 0.15) is 17.0 Å². The molecule has 1 spiro atoms. The number of aromatic nitrogens is 1. The second-order valence-corrected chi connectivity index (χ2v) is 4.59. The molecule has 6 nitrogen and oxygen atoms in total. The maximum atomic E-state index is 11.6. The molecule has 2 heterocycles. The minimum absolute atomic E-state index is 0.0407. The Morgan fingerprint density at radius 3 is 2.76 bits per heavy atom. The molecule has 0 atom stereocenters. The lowest BCUT2D eigenvalue weighted by molar-refractivity contribution is -0.117. The van der Waals surface area contributed by atoms with E-state index >= 15 is 0 Å². The summed E-state index contributed by atoms with van der Waals surface area (Å²) in [5, 5.41) is 8.91. The monoisotopic (exact) mass is 236 g/mol. The van der Waals surface area contributed by atoms with Gasteiger partial charge >= 0.3 is 5.97 Å². The number of hydrogen-bond acceptors (Lipinski definition) is 3. The molecule has 0 radical (unpaired) electrons. The van der Waals surface area contributed by atoms with E-state index in [1.54, 1.807) is 4.90 Å². The zero-order chi connectivity index (χ0) is 12.2. The van der Waals surface area contributed by atoms with Crippen molar-refractivity contribution in [2.45, 2.75) is 25.4 Å². The van der Waals surface area contributed by atoms with Crippen molar-refractivity contribution in [2.24, 2.45) is 0 Å². The maximum Gasteiger partial charge on any atom is 0.352 e. The number of carbonyl (C=O) groups excluding carboxylic acids is 1. The van der Waals surface area contributed by atoms with E-state index in [0.717, 1.165) is 12.8 Å². The van der Waals surface area contributed by atoms with Crippen LogP contribution in [0.5, 0.6) is 5.88 Å². The molecule has 0 saturated heterocycles. The summed E-state index contributed by atoms with van der Waals surface area (Å²) in [7, 11) is 0. The first-order valence-electron chi connectivity index (χ1n) is 5.44. The summed E-state index contributed by atoms with van der Waals surface area (Å²) in [6, 6.07) is 1.44. The van der Waals surface area contributed by atoms with Crippen molar-refractivity contribution in [2.75, 3.05) is 11.4 Å². The quantitative estimate of drug-likeness (QED) is 0.761. The van der Waals surface area contributed by atoms with Crippen LogP contribution >= 0.6 is 0 Å². The summed E-state index contributed by atoms with van der Waals surface area (Å²) in [6.07, 6.45) is 1.80. The lowest BCUT2D eigenvalue weighted by Crippen LogP contribution is -2.43. The number of rotatable bonds is 1. The van der Waals surface area contributed by atoms with Gasteiger partial charge in [-0.3, -0.25) is 4.79 Å². The number of ether oxygens (including phenoxy) is 1. The second-order valence-electron chi connectivity index (χ2n) is 4.59. The Morgan fingerprint density at radius 1 is 1.53 bits per heavy atom. The third kappa shape index (κ3) is 1.48. The summed E-state index contributed by atoms with van der Waals surface area (Å²) in [5.41, 5.74) is 0.269. The van der Waals surface area contributed by atoms with Crippen LogP contribution in [0.3, 0.4) is 0 Å². The van der Waals surface area contributed by atoms with Crippen molar-refractivity contribution < 1.29 is 19.4 Å². The van der Waals surface area contributed by atoms with Crippen LogP contribution in [-0.2, 0) is 4.79 Å². The number of carboxylic acid groups (broad SMARTS) is 1. The highest BCUT2D eigenvalue weighted by Crippen LogP contribution is 2.48. The average molecular weight is 236 g/mol. The molecule has 1 aliphatic carbocycles. The molecular weight excluding hydrogens is 224 g/mol. The minimum Gasteiger partial charge on any atom is -0.477 e. The van der Waals surface area contributed by atoms with Crippen molar-refractivity contribution in [3.63, 3.8) is 0 Å². The fraction of sp³-hybridized carbons (Fsp3) is 0.455. The highest BCUT2D eigenvalue weighted by Gasteiger charge is 2.51. The van der Waals surface area contributed by atoms with Crippen molar-refractivity contribution >= 4 is 17.6 Å². The molecule has 17 heavy (non-hydrogen) atoms. The van der Waals surface area contributed by atoms with E-state index in [9.17, 15) is 9.59 Å². The topological polar surface area (TPSA) is 82.6 Å². The highest BCUT2D eigenvalue weighted by atomic mass is 16.5. The summed E-state index contributed by atoms with van der Waals surface area (Å²) in [6.45, 7) is 1.98. The van der Waals surface area contributed by atoms with Crippen LogP contribution in [-0.4, -0.2) is 34.1 Å². The summed E-state index contributed by atoms with van der Waals surface area (Å²) >= 11 is 0. The van der Waals surface area contributed by atoms with Crippen LogP contribution in [0.15, 0.2) is 6.07 Å². The lowest BCUT2D eigenvalue weighted by Gasteiger charge is -2.32. The summed E-state index contributed by atoms with van der Waals surface area (Å²) in [5.74, 6) is -0.769. The number of carboxylic acids is 1. The number of nitrogens with zero attached hydrogens (tertiary/aromatic N) is 1. The van der Waals surface area contributed by atoms with Gasteiger partial charge in [-0.1, -0.05) is 0 Å². The number of aromatic amines is 1. The Morgan fingerprint density at radius 2 is 2.24 bits per heavy atom. The van der Waals surface area contributed by atoms with Gasteiger partial charge in [0, 0.05) is 6.92 Å². The summed E-state index contributed by atoms with van der Waals surface area (Å²) < 4.78 is 5.73. The van der Waals surface area contributed by atoms with Crippen LogP contribution in [0.4, 0.5) is 5.69 Å². The van der Waals surface area contributed by atoms with E-state index in [2.05, 4.69) is 4.98 Å². The van der Waals surface area contributed by atoms with Crippen molar-refractivity contribution in [1.29, 1.82) is 0 Å². The third-order valence-electron chi connectivity index (χ3n) is 3.24. The van der Waals surface area contributed by atoms with Crippen LogP contribution < -0.4 is 9.64 Å². The fourth-order valence-corrected chi connectivity index (χ4v) is 2.12. The number of nitrogens with one attached hydrogen (secondary N) is 1. The van der Waals surface area contributed by atoms with Gasteiger partial charge in [0.05, 0.1) is 6.54 Å². The Kier molecular flexibility index (Phi) is 1.81. The molecule has 3 rings (SSSR count). The molecule has 2 aliphatic rings. The van der Waals surface area contributed by atoms with Crippen molar-refractivity contribution in [1.82, 2.24) is 4.98 Å². The number of amides is 1. The van der Waals surface area contributed by atoms with E-state index in [1.165, 1.54) is 13.0 Å². The van der Waals surface area contributed by atoms with Gasteiger partial charge in [-0.05, 0) is 18.9 Å². The first-order valence-corrected chi connectivity index (χ1v) is 5.44. The predicted octanol–water partition coefficient (Wildman–Crippen LogP) is 0.991. The number of fused-ring (bicyclic) bond motifs is 1. The largest absolute Gasteiger partial charge is 0.477 e. The minimum atomic E-state index is -1.06. The number of aromatic carboxylic acids is 1. The van der Waals surface area contributed by atoms with Gasteiger partial charge in [0.2, 0.25) is 11.8 Å². The molecule has 90 valence electrons. The molecule has 1 saturated carbocycles. The Labute approximate surface area is 97.2 Å². The molecule has 1 aromatic heterocycles. The van der Waals surface area contributed by atoms with E-state index in [0.29, 0.717) is 18.1 Å². The van der Waals surface area contributed by atoms with Gasteiger partial charge in [0.15, 0.2) is 0 Å². The Bertz CT molecular complexity index is 516. The van der Waals surface area contributed by atoms with Crippen LogP contribution in [0, 0.1) is 0 Å². The van der Waals surface area contributed by atoms with E-state index < -0.39 is 5.97 Å². The predicted molar refractivity (Wildman–Crippen MR) is 58.4 cm³/mol. The SMILES string of the molecule is CC(=O)N1CC2(CC2)Oc2[nH]c(C(=O)O)cc21. The fourth-order valence-electron chi connectivity index (χ4n) is 2.12.